The van der Waals surface area contributed by atoms with Gasteiger partial charge in [0.05, 0.1) is 12.8 Å². The molecule has 0 heterocycles. The summed E-state index contributed by atoms with van der Waals surface area (Å²) in [5.41, 5.74) is 0.300. The van der Waals surface area contributed by atoms with Crippen LogP contribution in [0.4, 0.5) is 10.1 Å². The molecule has 104 valence electrons. The number of nitrogens with one attached hydrogen (secondary N) is 2. The molecule has 0 fully saturated rings. The van der Waals surface area contributed by atoms with Crippen molar-refractivity contribution >= 4 is 44.9 Å². The Balaban J connectivity index is 2.33. The quantitative estimate of drug-likeness (QED) is 0.486. The highest BCUT2D eigenvalue weighted by atomic mass is 79.9. The van der Waals surface area contributed by atoms with Crippen LogP contribution in [0.3, 0.4) is 0 Å². The molecular formula is C12H14BrFN2O2S. The number of carbonyl (C=O) groups is 1. The van der Waals surface area contributed by atoms with Crippen molar-refractivity contribution in [1.29, 1.82) is 0 Å². The SMILES string of the molecule is COC(=O)CCCNC(=S)Nc1ccc(Br)cc1F. The Morgan fingerprint density at radius 2 is 2.26 bits per heavy atom. The molecule has 4 nitrogen and oxygen atoms in total. The zero-order valence-electron chi connectivity index (χ0n) is 10.3. The first kappa shape index (κ1) is 15.8. The van der Waals surface area contributed by atoms with Crippen LogP contribution >= 0.6 is 28.1 Å². The summed E-state index contributed by atoms with van der Waals surface area (Å²) < 4.78 is 18.7. The molecule has 0 saturated heterocycles. The normalized spacial score (nSPS) is 9.84. The van der Waals surface area contributed by atoms with Gasteiger partial charge >= 0.3 is 5.97 Å². The lowest BCUT2D eigenvalue weighted by Gasteiger charge is -2.11. The van der Waals surface area contributed by atoms with E-state index in [4.69, 9.17) is 12.2 Å². The number of benzene rings is 1. The summed E-state index contributed by atoms with van der Waals surface area (Å²) in [6, 6.07) is 4.65. The van der Waals surface area contributed by atoms with Gasteiger partial charge in [-0.25, -0.2) is 4.39 Å². The number of thiocarbonyl (C=S) groups is 1. The Morgan fingerprint density at radius 3 is 2.89 bits per heavy atom. The maximum absolute atomic E-state index is 13.5. The van der Waals surface area contributed by atoms with E-state index in [1.54, 1.807) is 12.1 Å². The Kier molecular flexibility index (Phi) is 6.72. The van der Waals surface area contributed by atoms with E-state index < -0.39 is 5.82 Å². The lowest BCUT2D eigenvalue weighted by Crippen LogP contribution is -2.29. The van der Waals surface area contributed by atoms with E-state index in [9.17, 15) is 9.18 Å². The highest BCUT2D eigenvalue weighted by Crippen LogP contribution is 2.19. The van der Waals surface area contributed by atoms with Crippen LogP contribution in [-0.4, -0.2) is 24.7 Å². The number of ether oxygens (including phenoxy) is 1. The average molecular weight is 349 g/mol. The van der Waals surface area contributed by atoms with Crippen molar-refractivity contribution in [3.05, 3.63) is 28.5 Å². The molecule has 0 aliphatic carbocycles. The zero-order chi connectivity index (χ0) is 14.3. The van der Waals surface area contributed by atoms with E-state index in [1.165, 1.54) is 13.2 Å². The number of carbonyl (C=O) groups excluding carboxylic acids is 1. The van der Waals surface area contributed by atoms with Crippen molar-refractivity contribution in [2.24, 2.45) is 0 Å². The van der Waals surface area contributed by atoms with Gasteiger partial charge < -0.3 is 15.4 Å². The molecule has 0 bridgehead atoms. The van der Waals surface area contributed by atoms with E-state index >= 15 is 0 Å². The number of rotatable bonds is 5. The first-order valence-electron chi connectivity index (χ1n) is 5.59. The number of esters is 1. The minimum atomic E-state index is -0.395. The number of hydrogen-bond acceptors (Lipinski definition) is 3. The molecule has 0 aliphatic heterocycles. The van der Waals surface area contributed by atoms with Gasteiger partial charge in [0.15, 0.2) is 5.11 Å². The highest BCUT2D eigenvalue weighted by molar-refractivity contribution is 9.10. The molecule has 1 aromatic carbocycles. The molecule has 2 N–H and O–H groups in total. The van der Waals surface area contributed by atoms with E-state index in [2.05, 4.69) is 31.3 Å². The molecule has 0 amide bonds. The Morgan fingerprint density at radius 1 is 1.53 bits per heavy atom. The van der Waals surface area contributed by atoms with Gasteiger partial charge in [0, 0.05) is 17.4 Å². The van der Waals surface area contributed by atoms with Crippen LogP contribution in [0.25, 0.3) is 0 Å². The lowest BCUT2D eigenvalue weighted by atomic mass is 10.3. The van der Waals surface area contributed by atoms with Gasteiger partial charge in [-0.15, -0.1) is 0 Å². The van der Waals surface area contributed by atoms with Crippen LogP contribution in [0.15, 0.2) is 22.7 Å². The average Bonchev–Trinajstić information content (AvgIpc) is 2.37. The van der Waals surface area contributed by atoms with Crippen LogP contribution < -0.4 is 10.6 Å². The third-order valence-corrected chi connectivity index (χ3v) is 2.99. The summed E-state index contributed by atoms with van der Waals surface area (Å²) in [6.07, 6.45) is 0.913. The molecular weight excluding hydrogens is 335 g/mol. The molecule has 1 aromatic rings. The van der Waals surface area contributed by atoms with Crippen molar-refractivity contribution in [3.63, 3.8) is 0 Å². The summed E-state index contributed by atoms with van der Waals surface area (Å²) in [4.78, 5) is 10.9. The second-order valence-electron chi connectivity index (χ2n) is 3.68. The third-order valence-electron chi connectivity index (χ3n) is 2.25. The van der Waals surface area contributed by atoms with E-state index in [0.29, 0.717) is 34.7 Å². The van der Waals surface area contributed by atoms with Crippen LogP contribution in [0.2, 0.25) is 0 Å². The molecule has 0 atom stereocenters. The van der Waals surface area contributed by atoms with Crippen LogP contribution in [0.5, 0.6) is 0 Å². The first-order valence-corrected chi connectivity index (χ1v) is 6.79. The summed E-state index contributed by atoms with van der Waals surface area (Å²) in [6.45, 7) is 0.513. The monoisotopic (exact) mass is 348 g/mol. The van der Waals surface area contributed by atoms with Crippen molar-refractivity contribution in [2.75, 3.05) is 19.0 Å². The van der Waals surface area contributed by atoms with Gasteiger partial charge in [0.25, 0.3) is 0 Å². The van der Waals surface area contributed by atoms with Gasteiger partial charge in [0.1, 0.15) is 5.82 Å². The maximum atomic E-state index is 13.5. The number of hydrogen-bond donors (Lipinski definition) is 2. The van der Waals surface area contributed by atoms with Gasteiger partial charge in [-0.2, -0.15) is 0 Å². The maximum Gasteiger partial charge on any atom is 0.305 e. The molecule has 0 radical (unpaired) electrons. The first-order chi connectivity index (χ1) is 9.02. The molecule has 0 unspecified atom stereocenters. The van der Waals surface area contributed by atoms with Gasteiger partial charge in [-0.05, 0) is 36.8 Å². The van der Waals surface area contributed by atoms with Crippen LogP contribution in [-0.2, 0) is 9.53 Å². The Labute approximate surface area is 124 Å². The van der Waals surface area contributed by atoms with Crippen molar-refractivity contribution in [2.45, 2.75) is 12.8 Å². The number of methoxy groups -OCH3 is 1. The molecule has 0 saturated carbocycles. The highest BCUT2D eigenvalue weighted by Gasteiger charge is 2.05. The fraction of sp³-hybridized carbons (Fsp3) is 0.333. The second-order valence-corrected chi connectivity index (χ2v) is 5.01. The molecule has 0 aliphatic rings. The Bertz CT molecular complexity index is 471. The standard InChI is InChI=1S/C12H14BrFN2O2S/c1-18-11(17)3-2-6-15-12(19)16-10-5-4-8(13)7-9(10)14/h4-5,7H,2-3,6H2,1H3,(H2,15,16,19). The molecule has 0 aromatic heterocycles. The Hall–Kier alpha value is -1.21. The largest absolute Gasteiger partial charge is 0.469 e. The summed E-state index contributed by atoms with van der Waals surface area (Å²) in [7, 11) is 1.35. The van der Waals surface area contributed by atoms with E-state index in [-0.39, 0.29) is 5.97 Å². The lowest BCUT2D eigenvalue weighted by molar-refractivity contribution is -0.140. The topological polar surface area (TPSA) is 50.4 Å². The number of anilines is 1. The molecule has 1 rings (SSSR count). The van der Waals surface area contributed by atoms with E-state index in [0.717, 1.165) is 0 Å². The summed E-state index contributed by atoms with van der Waals surface area (Å²) in [5, 5.41) is 5.95. The number of halogens is 2. The molecule has 19 heavy (non-hydrogen) atoms. The molecule has 0 spiro atoms. The van der Waals surface area contributed by atoms with Crippen molar-refractivity contribution < 1.29 is 13.9 Å². The molecule has 7 heteroatoms. The fourth-order valence-corrected chi connectivity index (χ4v) is 1.84. The smallest absolute Gasteiger partial charge is 0.305 e. The van der Waals surface area contributed by atoms with Crippen molar-refractivity contribution in [1.82, 2.24) is 5.32 Å². The van der Waals surface area contributed by atoms with Gasteiger partial charge in [0.2, 0.25) is 0 Å². The van der Waals surface area contributed by atoms with Crippen LogP contribution in [0, 0.1) is 5.82 Å². The summed E-state index contributed by atoms with van der Waals surface area (Å²) >= 11 is 8.19. The van der Waals surface area contributed by atoms with E-state index in [1.807, 2.05) is 0 Å². The fourth-order valence-electron chi connectivity index (χ4n) is 1.29. The summed E-state index contributed by atoms with van der Waals surface area (Å²) in [5.74, 6) is -0.660. The minimum absolute atomic E-state index is 0.264. The van der Waals surface area contributed by atoms with Gasteiger partial charge in [-0.3, -0.25) is 4.79 Å². The van der Waals surface area contributed by atoms with Gasteiger partial charge in [-0.1, -0.05) is 15.9 Å². The second kappa shape index (κ2) is 8.06. The van der Waals surface area contributed by atoms with Crippen molar-refractivity contribution in [3.8, 4) is 0 Å². The zero-order valence-corrected chi connectivity index (χ0v) is 12.7. The predicted molar refractivity (Wildman–Crippen MR) is 79.6 cm³/mol. The predicted octanol–water partition coefficient (Wildman–Crippen LogP) is 2.83. The third kappa shape index (κ3) is 5.98. The minimum Gasteiger partial charge on any atom is -0.469 e. The van der Waals surface area contributed by atoms with Crippen LogP contribution in [0.1, 0.15) is 12.8 Å².